The first kappa shape index (κ1) is 15.1. The molecule has 0 fully saturated rings. The number of esters is 1. The Morgan fingerprint density at radius 2 is 2.05 bits per heavy atom. The van der Waals surface area contributed by atoms with Crippen molar-refractivity contribution in [3.05, 3.63) is 41.3 Å². The summed E-state index contributed by atoms with van der Waals surface area (Å²) in [6.45, 7) is 0. The van der Waals surface area contributed by atoms with Crippen molar-refractivity contribution in [3.8, 4) is 11.3 Å². The second kappa shape index (κ2) is 6.41. The number of benzene rings is 1. The van der Waals surface area contributed by atoms with E-state index in [1.807, 2.05) is 26.2 Å². The van der Waals surface area contributed by atoms with Crippen LogP contribution in [-0.2, 0) is 4.74 Å². The van der Waals surface area contributed by atoms with Gasteiger partial charge in [0.25, 0.3) is 0 Å². The number of hydrogen-bond donors (Lipinski definition) is 0. The fraction of sp³-hybridized carbons (Fsp3) is 0.214. The molecule has 0 spiro atoms. The molecule has 0 aliphatic rings. The Hall–Kier alpha value is -2.34. The van der Waals surface area contributed by atoms with Gasteiger partial charge in [0, 0.05) is 24.7 Å². The topological polar surface area (TPSA) is 59.7 Å². The summed E-state index contributed by atoms with van der Waals surface area (Å²) >= 11 is 5.86. The quantitative estimate of drug-likeness (QED) is 0.494. The van der Waals surface area contributed by atoms with Crippen molar-refractivity contribution in [1.29, 1.82) is 0 Å². The number of hydrogen-bond acceptors (Lipinski definition) is 4. The van der Waals surface area contributed by atoms with Crippen molar-refractivity contribution in [1.82, 2.24) is 14.6 Å². The van der Waals surface area contributed by atoms with Gasteiger partial charge in [0.15, 0.2) is 0 Å². The number of rotatable bonds is 4. The summed E-state index contributed by atoms with van der Waals surface area (Å²) in [7, 11) is 4.97. The Balaban J connectivity index is 2.44. The summed E-state index contributed by atoms with van der Waals surface area (Å²) in [6, 6.07) is 7.17. The number of carbonyl (C=O) groups excluding carboxylic acids is 1. The zero-order valence-electron chi connectivity index (χ0n) is 11.9. The van der Waals surface area contributed by atoms with E-state index in [4.69, 9.17) is 16.3 Å². The average molecular weight is 307 g/mol. The molecule has 0 atom stereocenters. The van der Waals surface area contributed by atoms with Crippen LogP contribution in [0.2, 0.25) is 5.02 Å². The highest BCUT2D eigenvalue weighted by Crippen LogP contribution is 2.21. The van der Waals surface area contributed by atoms with E-state index in [1.165, 1.54) is 11.8 Å². The molecule has 1 aromatic heterocycles. The maximum atomic E-state index is 11.8. The highest BCUT2D eigenvalue weighted by atomic mass is 35.5. The van der Waals surface area contributed by atoms with E-state index in [0.717, 1.165) is 5.56 Å². The monoisotopic (exact) mass is 306 g/mol. The van der Waals surface area contributed by atoms with E-state index in [2.05, 4.69) is 10.1 Å². The lowest BCUT2D eigenvalue weighted by atomic mass is 10.2. The minimum absolute atomic E-state index is 0.112. The lowest BCUT2D eigenvalue weighted by molar-refractivity contribution is 0.0582. The molecule has 21 heavy (non-hydrogen) atoms. The van der Waals surface area contributed by atoms with E-state index in [1.54, 1.807) is 29.6 Å². The third-order valence-corrected chi connectivity index (χ3v) is 2.85. The van der Waals surface area contributed by atoms with Crippen molar-refractivity contribution >= 4 is 23.9 Å². The van der Waals surface area contributed by atoms with Crippen molar-refractivity contribution in [3.63, 3.8) is 0 Å². The van der Waals surface area contributed by atoms with Crippen LogP contribution in [0.1, 0.15) is 10.6 Å². The Morgan fingerprint density at radius 3 is 2.62 bits per heavy atom. The van der Waals surface area contributed by atoms with Gasteiger partial charge in [-0.1, -0.05) is 23.7 Å². The first-order valence-electron chi connectivity index (χ1n) is 6.16. The molecule has 0 radical (unpaired) electrons. The molecule has 1 aromatic carbocycles. The zero-order chi connectivity index (χ0) is 15.4. The summed E-state index contributed by atoms with van der Waals surface area (Å²) in [5, 5.41) is 4.80. The molecule has 0 unspecified atom stereocenters. The molecule has 1 heterocycles. The third kappa shape index (κ3) is 3.61. The van der Waals surface area contributed by atoms with Gasteiger partial charge in [0.2, 0.25) is 5.82 Å². The van der Waals surface area contributed by atoms with Gasteiger partial charge in [0.05, 0.1) is 19.0 Å². The summed E-state index contributed by atoms with van der Waals surface area (Å²) in [4.78, 5) is 17.8. The normalized spacial score (nSPS) is 10.9. The lowest BCUT2D eigenvalue weighted by Gasteiger charge is -2.03. The van der Waals surface area contributed by atoms with Crippen molar-refractivity contribution < 1.29 is 9.53 Å². The Labute approximate surface area is 127 Å². The Morgan fingerprint density at radius 1 is 1.38 bits per heavy atom. The summed E-state index contributed by atoms with van der Waals surface area (Å²) in [5.74, 6) is -0.438. The smallest absolute Gasteiger partial charge is 0.376 e. The van der Waals surface area contributed by atoms with Crippen LogP contribution in [0, 0.1) is 0 Å². The number of halogens is 1. The van der Waals surface area contributed by atoms with E-state index < -0.39 is 5.97 Å². The summed E-state index contributed by atoms with van der Waals surface area (Å²) in [5.41, 5.74) is 1.45. The molecule has 2 rings (SSSR count). The molecule has 0 amide bonds. The van der Waals surface area contributed by atoms with Crippen LogP contribution in [0.4, 0.5) is 0 Å². The molecule has 6 nitrogen and oxygen atoms in total. The largest absolute Gasteiger partial charge is 0.463 e. The predicted octanol–water partition coefficient (Wildman–Crippen LogP) is 2.34. The van der Waals surface area contributed by atoms with Gasteiger partial charge in [-0.2, -0.15) is 5.10 Å². The SMILES string of the molecule is COC(=O)c1nc(-c2ccc(Cl)cc2)cn1/N=C/N(C)C. The minimum Gasteiger partial charge on any atom is -0.463 e. The van der Waals surface area contributed by atoms with Gasteiger partial charge in [-0.05, 0) is 12.1 Å². The standard InChI is InChI=1S/C14H15ClN4O2/c1-18(2)9-16-19-8-12(17-13(19)14(20)21-3)10-4-6-11(15)7-5-10/h4-9H,1-3H3/b16-9+. The number of ether oxygens (including phenoxy) is 1. The van der Waals surface area contributed by atoms with Crippen molar-refractivity contribution in [2.24, 2.45) is 5.10 Å². The second-order valence-electron chi connectivity index (χ2n) is 4.49. The third-order valence-electron chi connectivity index (χ3n) is 2.60. The number of carbonyl (C=O) groups is 1. The van der Waals surface area contributed by atoms with E-state index in [0.29, 0.717) is 10.7 Å². The molecule has 0 saturated heterocycles. The molecular formula is C14H15ClN4O2. The highest BCUT2D eigenvalue weighted by Gasteiger charge is 2.17. The van der Waals surface area contributed by atoms with E-state index >= 15 is 0 Å². The van der Waals surface area contributed by atoms with Gasteiger partial charge in [-0.15, -0.1) is 0 Å². The average Bonchev–Trinajstić information content (AvgIpc) is 2.89. The number of aromatic nitrogens is 2. The van der Waals surface area contributed by atoms with E-state index in [-0.39, 0.29) is 5.82 Å². The van der Waals surface area contributed by atoms with E-state index in [9.17, 15) is 4.79 Å². The number of nitrogens with zero attached hydrogens (tertiary/aromatic N) is 4. The number of imidazole rings is 1. The Bertz CT molecular complexity index is 662. The van der Waals surface area contributed by atoms with Crippen LogP contribution in [0.3, 0.4) is 0 Å². The minimum atomic E-state index is -0.550. The molecular weight excluding hydrogens is 292 g/mol. The van der Waals surface area contributed by atoms with Crippen LogP contribution >= 0.6 is 11.6 Å². The van der Waals surface area contributed by atoms with Gasteiger partial charge >= 0.3 is 5.97 Å². The molecule has 110 valence electrons. The molecule has 0 saturated carbocycles. The van der Waals surface area contributed by atoms with Gasteiger partial charge in [-0.25, -0.2) is 14.5 Å². The van der Waals surface area contributed by atoms with Crippen LogP contribution in [0.15, 0.2) is 35.6 Å². The fourth-order valence-electron chi connectivity index (χ4n) is 1.61. The molecule has 0 bridgehead atoms. The van der Waals surface area contributed by atoms with Crippen LogP contribution in [0.5, 0.6) is 0 Å². The fourth-order valence-corrected chi connectivity index (χ4v) is 1.73. The van der Waals surface area contributed by atoms with Gasteiger partial charge in [0.1, 0.15) is 6.34 Å². The van der Waals surface area contributed by atoms with Crippen LogP contribution < -0.4 is 0 Å². The van der Waals surface area contributed by atoms with Crippen LogP contribution in [0.25, 0.3) is 11.3 Å². The maximum absolute atomic E-state index is 11.8. The van der Waals surface area contributed by atoms with Crippen molar-refractivity contribution in [2.75, 3.05) is 21.2 Å². The predicted molar refractivity (Wildman–Crippen MR) is 81.6 cm³/mol. The highest BCUT2D eigenvalue weighted by molar-refractivity contribution is 6.30. The van der Waals surface area contributed by atoms with Gasteiger partial charge < -0.3 is 9.64 Å². The first-order valence-corrected chi connectivity index (χ1v) is 6.53. The molecule has 2 aromatic rings. The Kier molecular flexibility index (Phi) is 4.59. The molecule has 0 N–H and O–H groups in total. The van der Waals surface area contributed by atoms with Gasteiger partial charge in [-0.3, -0.25) is 0 Å². The second-order valence-corrected chi connectivity index (χ2v) is 4.92. The number of methoxy groups -OCH3 is 1. The molecule has 7 heteroatoms. The van der Waals surface area contributed by atoms with Crippen LogP contribution in [-0.4, -0.2) is 48.1 Å². The van der Waals surface area contributed by atoms with Crippen molar-refractivity contribution in [2.45, 2.75) is 0 Å². The zero-order valence-corrected chi connectivity index (χ0v) is 12.7. The first-order chi connectivity index (χ1) is 10.0. The maximum Gasteiger partial charge on any atom is 0.376 e. The summed E-state index contributed by atoms with van der Waals surface area (Å²) < 4.78 is 6.11. The summed E-state index contributed by atoms with van der Waals surface area (Å²) in [6.07, 6.45) is 3.23. The molecule has 0 aliphatic carbocycles. The lowest BCUT2D eigenvalue weighted by Crippen LogP contribution is -2.12. The molecule has 0 aliphatic heterocycles.